The summed E-state index contributed by atoms with van der Waals surface area (Å²) in [4.78, 5) is 14.9. The third-order valence-corrected chi connectivity index (χ3v) is 13.5. The van der Waals surface area contributed by atoms with Crippen LogP contribution in [0.1, 0.15) is 0 Å². The molecule has 0 bridgehead atoms. The van der Waals surface area contributed by atoms with Crippen molar-refractivity contribution in [2.75, 3.05) is 9.80 Å². The molecule has 0 saturated carbocycles. The summed E-state index contributed by atoms with van der Waals surface area (Å²) in [6, 6.07) is 98.7. The number of hydrogen-bond acceptors (Lipinski definition) is 4. The van der Waals surface area contributed by atoms with Gasteiger partial charge in [0.1, 0.15) is 11.6 Å². The Morgan fingerprint density at radius 3 is 1.06 bits per heavy atom. The average Bonchev–Trinajstić information content (AvgIpc) is 4.05. The standard InChI is InChI=1S/C66H46N6/c1-5-17-53(18-6-1)69(58-40-33-48(34-41-58)65-67-61-25-13-15-27-63(61)71(65)55-21-9-3-10-22-55)57-38-31-47(32-39-57)50-29-30-52-46-60(44-37-51(52)45-50)70(54-19-7-2-8-20-54)59-42-35-49(36-43-59)66-68-62-26-14-16-28-64(62)72(66)56-23-11-4-12-24-56/h1-46H. The molecule has 6 heteroatoms. The quantitative estimate of drug-likeness (QED) is 0.130. The molecule has 13 aromatic rings. The summed E-state index contributed by atoms with van der Waals surface area (Å²) < 4.78 is 4.49. The van der Waals surface area contributed by atoms with Crippen molar-refractivity contribution in [3.05, 3.63) is 279 Å². The van der Waals surface area contributed by atoms with E-state index in [1.807, 2.05) is 24.3 Å². The van der Waals surface area contributed by atoms with Crippen LogP contribution < -0.4 is 9.80 Å². The van der Waals surface area contributed by atoms with Crippen molar-refractivity contribution in [3.8, 4) is 45.3 Å². The molecule has 0 fully saturated rings. The van der Waals surface area contributed by atoms with Crippen molar-refractivity contribution in [1.82, 2.24) is 19.1 Å². The van der Waals surface area contributed by atoms with Crippen molar-refractivity contribution < 1.29 is 0 Å². The number of benzene rings is 11. The summed E-state index contributed by atoms with van der Waals surface area (Å²) in [5.74, 6) is 1.82. The maximum absolute atomic E-state index is 5.12. The van der Waals surface area contributed by atoms with E-state index in [1.165, 1.54) is 10.8 Å². The van der Waals surface area contributed by atoms with E-state index in [0.717, 1.165) is 101 Å². The SMILES string of the molecule is c1ccc(N(c2ccc(-c3ccc4cc(N(c5ccccc5)c5ccc(-c6nc7ccccc7n6-c6ccccc6)cc5)ccc4c3)cc2)c2ccc(-c3nc4ccccc4n3-c3ccccc3)cc2)cc1. The fourth-order valence-electron chi connectivity index (χ4n) is 10.0. The summed E-state index contributed by atoms with van der Waals surface area (Å²) >= 11 is 0. The normalized spacial score (nSPS) is 11.3. The first kappa shape index (κ1) is 42.3. The van der Waals surface area contributed by atoms with Crippen molar-refractivity contribution in [3.63, 3.8) is 0 Å². The van der Waals surface area contributed by atoms with E-state index in [2.05, 4.69) is 274 Å². The lowest BCUT2D eigenvalue weighted by molar-refractivity contribution is 1.10. The predicted molar refractivity (Wildman–Crippen MR) is 299 cm³/mol. The Labute approximate surface area is 418 Å². The van der Waals surface area contributed by atoms with Gasteiger partial charge in [-0.1, -0.05) is 127 Å². The minimum atomic E-state index is 0.911. The van der Waals surface area contributed by atoms with Gasteiger partial charge in [-0.05, 0) is 174 Å². The van der Waals surface area contributed by atoms with E-state index in [4.69, 9.17) is 9.97 Å². The Bertz CT molecular complexity index is 4000. The highest BCUT2D eigenvalue weighted by molar-refractivity contribution is 5.93. The van der Waals surface area contributed by atoms with Crippen molar-refractivity contribution in [2.45, 2.75) is 0 Å². The fourth-order valence-corrected chi connectivity index (χ4v) is 10.0. The monoisotopic (exact) mass is 922 g/mol. The van der Waals surface area contributed by atoms with Crippen LogP contribution in [0, 0.1) is 0 Å². The topological polar surface area (TPSA) is 42.1 Å². The van der Waals surface area contributed by atoms with Crippen LogP contribution in [0.4, 0.5) is 34.1 Å². The molecule has 0 aliphatic carbocycles. The lowest BCUT2D eigenvalue weighted by Gasteiger charge is -2.26. The van der Waals surface area contributed by atoms with Crippen molar-refractivity contribution >= 4 is 67.0 Å². The number of anilines is 6. The molecule has 11 aromatic carbocycles. The van der Waals surface area contributed by atoms with Gasteiger partial charge in [0.05, 0.1) is 22.1 Å². The molecular formula is C66H46N6. The van der Waals surface area contributed by atoms with Crippen molar-refractivity contribution in [1.29, 1.82) is 0 Å². The van der Waals surface area contributed by atoms with Gasteiger partial charge in [-0.25, -0.2) is 9.97 Å². The second kappa shape index (κ2) is 18.3. The second-order valence-corrected chi connectivity index (χ2v) is 17.9. The van der Waals surface area contributed by atoms with Crippen LogP contribution in [0.15, 0.2) is 279 Å². The number of para-hydroxylation sites is 8. The lowest BCUT2D eigenvalue weighted by Crippen LogP contribution is -2.10. The number of nitrogens with zero attached hydrogens (tertiary/aromatic N) is 6. The predicted octanol–water partition coefficient (Wildman–Crippen LogP) is 17.5. The van der Waals surface area contributed by atoms with Gasteiger partial charge in [0, 0.05) is 56.6 Å². The van der Waals surface area contributed by atoms with Crippen LogP contribution in [0.5, 0.6) is 0 Å². The first-order valence-electron chi connectivity index (χ1n) is 24.3. The van der Waals surface area contributed by atoms with E-state index < -0.39 is 0 Å². The Morgan fingerprint density at radius 2 is 0.583 bits per heavy atom. The van der Waals surface area contributed by atoms with Gasteiger partial charge in [0.25, 0.3) is 0 Å². The first-order chi connectivity index (χ1) is 35.7. The van der Waals surface area contributed by atoms with Gasteiger partial charge >= 0.3 is 0 Å². The van der Waals surface area contributed by atoms with Crippen LogP contribution in [0.3, 0.4) is 0 Å². The van der Waals surface area contributed by atoms with E-state index in [9.17, 15) is 0 Å². The summed E-state index contributed by atoms with van der Waals surface area (Å²) in [6.45, 7) is 0. The molecule has 0 N–H and O–H groups in total. The fraction of sp³-hybridized carbons (Fsp3) is 0. The van der Waals surface area contributed by atoms with E-state index >= 15 is 0 Å². The maximum atomic E-state index is 5.12. The molecule has 13 rings (SSSR count). The number of aromatic nitrogens is 4. The van der Waals surface area contributed by atoms with E-state index in [1.54, 1.807) is 0 Å². The second-order valence-electron chi connectivity index (χ2n) is 17.9. The van der Waals surface area contributed by atoms with E-state index in [-0.39, 0.29) is 0 Å². The van der Waals surface area contributed by atoms with E-state index in [0.29, 0.717) is 0 Å². The van der Waals surface area contributed by atoms with Crippen LogP contribution in [-0.2, 0) is 0 Å². The molecule has 0 aliphatic heterocycles. The summed E-state index contributed by atoms with van der Waals surface area (Å²) in [7, 11) is 0. The number of imidazole rings is 2. The minimum absolute atomic E-state index is 0.911. The highest BCUT2D eigenvalue weighted by Gasteiger charge is 2.19. The molecule has 0 atom stereocenters. The van der Waals surface area contributed by atoms with Crippen LogP contribution in [0.2, 0.25) is 0 Å². The van der Waals surface area contributed by atoms with Gasteiger partial charge in [0.15, 0.2) is 0 Å². The molecule has 0 unspecified atom stereocenters. The molecule has 2 heterocycles. The molecule has 6 nitrogen and oxygen atoms in total. The Kier molecular flexibility index (Phi) is 10.7. The lowest BCUT2D eigenvalue weighted by atomic mass is 10.00. The van der Waals surface area contributed by atoms with Gasteiger partial charge in [-0.15, -0.1) is 0 Å². The molecule has 0 spiro atoms. The summed E-state index contributed by atoms with van der Waals surface area (Å²) in [5.41, 5.74) is 17.1. The average molecular weight is 923 g/mol. The number of fused-ring (bicyclic) bond motifs is 3. The molecule has 72 heavy (non-hydrogen) atoms. The smallest absolute Gasteiger partial charge is 0.145 e. The highest BCUT2D eigenvalue weighted by Crippen LogP contribution is 2.41. The van der Waals surface area contributed by atoms with Crippen LogP contribution >= 0.6 is 0 Å². The zero-order chi connectivity index (χ0) is 47.8. The minimum Gasteiger partial charge on any atom is -0.311 e. The van der Waals surface area contributed by atoms with Gasteiger partial charge in [0.2, 0.25) is 0 Å². The van der Waals surface area contributed by atoms with Gasteiger partial charge in [-0.2, -0.15) is 0 Å². The zero-order valence-corrected chi connectivity index (χ0v) is 39.2. The van der Waals surface area contributed by atoms with Crippen molar-refractivity contribution in [2.24, 2.45) is 0 Å². The Hall–Kier alpha value is -9.78. The first-order valence-corrected chi connectivity index (χ1v) is 24.3. The summed E-state index contributed by atoms with van der Waals surface area (Å²) in [5, 5.41) is 2.34. The zero-order valence-electron chi connectivity index (χ0n) is 39.2. The molecule has 2 aromatic heterocycles. The number of rotatable bonds is 11. The van der Waals surface area contributed by atoms with Gasteiger partial charge in [-0.3, -0.25) is 9.13 Å². The third kappa shape index (κ3) is 7.83. The third-order valence-electron chi connectivity index (χ3n) is 13.5. The molecule has 0 aliphatic rings. The summed E-state index contributed by atoms with van der Waals surface area (Å²) in [6.07, 6.45) is 0. The Morgan fingerprint density at radius 1 is 0.250 bits per heavy atom. The maximum Gasteiger partial charge on any atom is 0.145 e. The molecular weight excluding hydrogens is 877 g/mol. The molecule has 0 radical (unpaired) electrons. The largest absolute Gasteiger partial charge is 0.311 e. The van der Waals surface area contributed by atoms with Crippen LogP contribution in [0.25, 0.3) is 78.1 Å². The number of hydrogen-bond donors (Lipinski definition) is 0. The molecule has 0 amide bonds. The Balaban J connectivity index is 0.797. The molecule has 0 saturated heterocycles. The van der Waals surface area contributed by atoms with Gasteiger partial charge < -0.3 is 9.80 Å². The van der Waals surface area contributed by atoms with Crippen LogP contribution in [-0.4, -0.2) is 19.1 Å². The highest BCUT2D eigenvalue weighted by atomic mass is 15.2. The molecule has 340 valence electrons.